The molecule has 2 fully saturated rings. The number of amides is 1. The van der Waals surface area contributed by atoms with E-state index >= 15 is 0 Å². The Morgan fingerprint density at radius 1 is 1.40 bits per heavy atom. The van der Waals surface area contributed by atoms with Crippen molar-refractivity contribution in [3.05, 3.63) is 30.1 Å². The van der Waals surface area contributed by atoms with Crippen molar-refractivity contribution in [2.45, 2.75) is 83.6 Å². The lowest BCUT2D eigenvalue weighted by Gasteiger charge is -2.40. The summed E-state index contributed by atoms with van der Waals surface area (Å²) in [5.74, 6) is 0.670. The second-order valence-electron chi connectivity index (χ2n) is 7.61. The fraction of sp³-hybridized carbons (Fsp3) is 0.700. The molecular weight excluding hydrogens is 314 g/mol. The maximum Gasteiger partial charge on any atom is 0.217 e. The van der Waals surface area contributed by atoms with Gasteiger partial charge < -0.3 is 10.1 Å². The van der Waals surface area contributed by atoms with Crippen LogP contribution in [-0.2, 0) is 16.1 Å². The zero-order valence-corrected chi connectivity index (χ0v) is 15.5. The number of aryl methyl sites for hydroxylation is 1. The summed E-state index contributed by atoms with van der Waals surface area (Å²) in [6, 6.07) is 0.185. The van der Waals surface area contributed by atoms with Gasteiger partial charge in [0.25, 0.3) is 0 Å². The highest BCUT2D eigenvalue weighted by Gasteiger charge is 2.36. The summed E-state index contributed by atoms with van der Waals surface area (Å²) in [4.78, 5) is 11.6. The van der Waals surface area contributed by atoms with E-state index in [1.165, 1.54) is 32.1 Å². The molecule has 0 unspecified atom stereocenters. The molecule has 0 bridgehead atoms. The maximum atomic E-state index is 11.6. The fourth-order valence-corrected chi connectivity index (χ4v) is 4.45. The van der Waals surface area contributed by atoms with Crippen molar-refractivity contribution in [1.82, 2.24) is 15.1 Å². The first kappa shape index (κ1) is 18.2. The minimum absolute atomic E-state index is 0.0103. The van der Waals surface area contributed by atoms with Crippen molar-refractivity contribution in [2.24, 2.45) is 5.92 Å². The molecule has 0 aromatic carbocycles. The standard InChI is InChI=1S/C20H31N3O2/c1-4-10-23-13-18(14(2)22-23)20-12-17(21-15(3)24)11-19(25-20)16-8-6-5-7-9-16/h4,13,16-17,19-20H,1,5-12H2,2-3H3,(H,21,24)/t17-,19-,20+/m1/s1. The predicted molar refractivity (Wildman–Crippen MR) is 98.2 cm³/mol. The number of nitrogens with zero attached hydrogens (tertiary/aromatic N) is 2. The number of rotatable bonds is 5. The van der Waals surface area contributed by atoms with Gasteiger partial charge in [-0.2, -0.15) is 5.10 Å². The van der Waals surface area contributed by atoms with Crippen LogP contribution < -0.4 is 5.32 Å². The van der Waals surface area contributed by atoms with Crippen LogP contribution in [0.2, 0.25) is 0 Å². The van der Waals surface area contributed by atoms with Crippen LogP contribution in [0.15, 0.2) is 18.9 Å². The van der Waals surface area contributed by atoms with E-state index in [0.717, 1.165) is 24.1 Å². The van der Waals surface area contributed by atoms with Crippen LogP contribution in [0.25, 0.3) is 0 Å². The van der Waals surface area contributed by atoms with Gasteiger partial charge in [-0.05, 0) is 38.5 Å². The molecule has 3 rings (SSSR count). The van der Waals surface area contributed by atoms with Crippen LogP contribution in [0.5, 0.6) is 0 Å². The SMILES string of the molecule is C=CCn1cc([C@@H]2C[C@H](NC(C)=O)C[C@H](C3CCCCC3)O2)c(C)n1. The molecule has 2 heterocycles. The molecule has 1 aliphatic carbocycles. The molecule has 1 N–H and O–H groups in total. The number of nitrogens with one attached hydrogen (secondary N) is 1. The first-order chi connectivity index (χ1) is 12.1. The van der Waals surface area contributed by atoms with Crippen molar-refractivity contribution in [1.29, 1.82) is 0 Å². The number of aromatic nitrogens is 2. The fourth-order valence-electron chi connectivity index (χ4n) is 4.45. The van der Waals surface area contributed by atoms with Crippen molar-refractivity contribution >= 4 is 5.91 Å². The van der Waals surface area contributed by atoms with Gasteiger partial charge in [-0.15, -0.1) is 6.58 Å². The average Bonchev–Trinajstić information content (AvgIpc) is 2.95. The summed E-state index contributed by atoms with van der Waals surface area (Å²) in [6.07, 6.45) is 12.4. The molecule has 0 spiro atoms. The van der Waals surface area contributed by atoms with E-state index in [1.54, 1.807) is 6.92 Å². The molecule has 0 radical (unpaired) electrons. The van der Waals surface area contributed by atoms with E-state index in [4.69, 9.17) is 4.74 Å². The van der Waals surface area contributed by atoms with Crippen molar-refractivity contribution in [2.75, 3.05) is 0 Å². The minimum Gasteiger partial charge on any atom is -0.370 e. The molecule has 1 saturated carbocycles. The topological polar surface area (TPSA) is 56.2 Å². The Morgan fingerprint density at radius 2 is 2.16 bits per heavy atom. The first-order valence-electron chi connectivity index (χ1n) is 9.64. The molecular formula is C20H31N3O2. The Morgan fingerprint density at radius 3 is 2.84 bits per heavy atom. The highest BCUT2D eigenvalue weighted by molar-refractivity contribution is 5.73. The number of allylic oxidation sites excluding steroid dienone is 1. The summed E-state index contributed by atoms with van der Waals surface area (Å²) in [7, 11) is 0. The zero-order chi connectivity index (χ0) is 17.8. The molecule has 1 aliphatic heterocycles. The molecule has 138 valence electrons. The van der Waals surface area contributed by atoms with Crippen LogP contribution in [0.3, 0.4) is 0 Å². The van der Waals surface area contributed by atoms with Crippen molar-refractivity contribution in [3.63, 3.8) is 0 Å². The minimum atomic E-state index is 0.0103. The van der Waals surface area contributed by atoms with Crippen LogP contribution in [0.4, 0.5) is 0 Å². The largest absolute Gasteiger partial charge is 0.370 e. The number of ether oxygens (including phenoxy) is 1. The molecule has 1 amide bonds. The van der Waals surface area contributed by atoms with Crippen LogP contribution >= 0.6 is 0 Å². The van der Waals surface area contributed by atoms with Gasteiger partial charge in [0, 0.05) is 24.7 Å². The van der Waals surface area contributed by atoms with Gasteiger partial charge in [0.1, 0.15) is 0 Å². The van der Waals surface area contributed by atoms with Gasteiger partial charge in [-0.1, -0.05) is 25.3 Å². The second kappa shape index (κ2) is 8.17. The second-order valence-corrected chi connectivity index (χ2v) is 7.61. The van der Waals surface area contributed by atoms with Gasteiger partial charge in [0.15, 0.2) is 0 Å². The molecule has 3 atom stereocenters. The van der Waals surface area contributed by atoms with E-state index < -0.39 is 0 Å². The third-order valence-electron chi connectivity index (χ3n) is 5.58. The van der Waals surface area contributed by atoms with Gasteiger partial charge in [-0.25, -0.2) is 0 Å². The molecule has 5 heteroatoms. The van der Waals surface area contributed by atoms with Crippen LogP contribution in [0.1, 0.15) is 69.2 Å². The summed E-state index contributed by atoms with van der Waals surface area (Å²) in [6.45, 7) is 8.13. The van der Waals surface area contributed by atoms with Crippen LogP contribution in [0, 0.1) is 12.8 Å². The number of hydrogen-bond donors (Lipinski definition) is 1. The lowest BCUT2D eigenvalue weighted by atomic mass is 9.80. The summed E-state index contributed by atoms with van der Waals surface area (Å²) in [5.41, 5.74) is 2.16. The molecule has 5 nitrogen and oxygen atoms in total. The van der Waals surface area contributed by atoms with Gasteiger partial charge >= 0.3 is 0 Å². The van der Waals surface area contributed by atoms with Gasteiger partial charge in [0.05, 0.1) is 24.4 Å². The van der Waals surface area contributed by atoms with E-state index in [1.807, 2.05) is 17.7 Å². The normalized spacial score (nSPS) is 27.8. The predicted octanol–water partition coefficient (Wildman–Crippen LogP) is 3.68. The number of hydrogen-bond acceptors (Lipinski definition) is 3. The molecule has 1 saturated heterocycles. The molecule has 2 aliphatic rings. The first-order valence-corrected chi connectivity index (χ1v) is 9.64. The quantitative estimate of drug-likeness (QED) is 0.828. The Labute approximate surface area is 150 Å². The van der Waals surface area contributed by atoms with Crippen molar-refractivity contribution < 1.29 is 9.53 Å². The molecule has 1 aromatic rings. The number of carbonyl (C=O) groups is 1. The third-order valence-corrected chi connectivity index (χ3v) is 5.58. The van der Waals surface area contributed by atoms with Crippen LogP contribution in [-0.4, -0.2) is 27.8 Å². The smallest absolute Gasteiger partial charge is 0.217 e. The highest BCUT2D eigenvalue weighted by atomic mass is 16.5. The lowest BCUT2D eigenvalue weighted by molar-refractivity contribution is -0.124. The Balaban J connectivity index is 1.78. The van der Waals surface area contributed by atoms with Gasteiger partial charge in [-0.3, -0.25) is 9.48 Å². The molecule has 25 heavy (non-hydrogen) atoms. The summed E-state index contributed by atoms with van der Waals surface area (Å²) < 4.78 is 8.48. The Hall–Kier alpha value is -1.62. The van der Waals surface area contributed by atoms with Crippen molar-refractivity contribution in [3.8, 4) is 0 Å². The zero-order valence-electron chi connectivity index (χ0n) is 15.5. The monoisotopic (exact) mass is 345 g/mol. The maximum absolute atomic E-state index is 11.6. The van der Waals surface area contributed by atoms with E-state index in [9.17, 15) is 4.79 Å². The Kier molecular flexibility index (Phi) is 5.94. The van der Waals surface area contributed by atoms with E-state index in [-0.39, 0.29) is 24.2 Å². The average molecular weight is 345 g/mol. The third kappa shape index (κ3) is 4.51. The van der Waals surface area contributed by atoms with E-state index in [2.05, 4.69) is 23.2 Å². The summed E-state index contributed by atoms with van der Waals surface area (Å²) >= 11 is 0. The number of carbonyl (C=O) groups excluding carboxylic acids is 1. The highest BCUT2D eigenvalue weighted by Crippen LogP contribution is 2.39. The lowest BCUT2D eigenvalue weighted by Crippen LogP contribution is -2.44. The molecule has 1 aromatic heterocycles. The van der Waals surface area contributed by atoms with E-state index in [0.29, 0.717) is 12.5 Å². The van der Waals surface area contributed by atoms with Gasteiger partial charge in [0.2, 0.25) is 5.91 Å². The summed E-state index contributed by atoms with van der Waals surface area (Å²) in [5, 5.41) is 7.72. The Bertz CT molecular complexity index is 604.